The van der Waals surface area contributed by atoms with Gasteiger partial charge in [-0.15, -0.1) is 0 Å². The summed E-state index contributed by atoms with van der Waals surface area (Å²) in [4.78, 5) is 14.5. The van der Waals surface area contributed by atoms with Crippen LogP contribution < -0.4 is 4.74 Å². The van der Waals surface area contributed by atoms with E-state index in [-0.39, 0.29) is 5.41 Å². The molecule has 0 spiro atoms. The van der Waals surface area contributed by atoms with Crippen molar-refractivity contribution < 1.29 is 9.53 Å². The molecule has 1 aromatic carbocycles. The summed E-state index contributed by atoms with van der Waals surface area (Å²) < 4.78 is 5.37. The molecule has 3 heteroatoms. The van der Waals surface area contributed by atoms with Crippen LogP contribution >= 0.6 is 0 Å². The summed E-state index contributed by atoms with van der Waals surface area (Å²) in [5.74, 6) is 1.91. The minimum Gasteiger partial charge on any atom is -0.497 e. The zero-order chi connectivity index (χ0) is 14.2. The first-order valence-corrected chi connectivity index (χ1v) is 7.49. The van der Waals surface area contributed by atoms with E-state index in [1.54, 1.807) is 7.11 Å². The first kappa shape index (κ1) is 13.6. The number of carbonyl (C=O) groups is 1. The Bertz CT molecular complexity index is 513. The van der Waals surface area contributed by atoms with Gasteiger partial charge in [0, 0.05) is 24.8 Å². The Hall–Kier alpha value is -1.35. The summed E-state index contributed by atoms with van der Waals surface area (Å²) in [7, 11) is 3.89. The van der Waals surface area contributed by atoms with E-state index in [0.717, 1.165) is 38.1 Å². The lowest BCUT2D eigenvalue weighted by Gasteiger charge is -2.50. The topological polar surface area (TPSA) is 29.5 Å². The van der Waals surface area contributed by atoms with Crippen LogP contribution in [-0.4, -0.2) is 37.9 Å². The van der Waals surface area contributed by atoms with Crippen LogP contribution in [0.1, 0.15) is 31.2 Å². The first-order chi connectivity index (χ1) is 9.64. The molecule has 0 bridgehead atoms. The normalized spacial score (nSPS) is 30.9. The zero-order valence-corrected chi connectivity index (χ0v) is 12.4. The maximum atomic E-state index is 12.1. The highest BCUT2D eigenvalue weighted by molar-refractivity contribution is 5.81. The summed E-state index contributed by atoms with van der Waals surface area (Å²) in [5.41, 5.74) is 1.33. The predicted molar refractivity (Wildman–Crippen MR) is 79.1 cm³/mol. The highest BCUT2D eigenvalue weighted by atomic mass is 16.5. The summed E-state index contributed by atoms with van der Waals surface area (Å²) in [6.07, 6.45) is 3.57. The molecular weight excluding hydrogens is 250 g/mol. The number of rotatable bonds is 2. The monoisotopic (exact) mass is 273 g/mol. The largest absolute Gasteiger partial charge is 0.497 e. The summed E-state index contributed by atoms with van der Waals surface area (Å²) in [6, 6.07) is 8.35. The van der Waals surface area contributed by atoms with Gasteiger partial charge in [0.05, 0.1) is 7.11 Å². The number of methoxy groups -OCH3 is 1. The molecule has 20 heavy (non-hydrogen) atoms. The van der Waals surface area contributed by atoms with E-state index in [4.69, 9.17) is 4.74 Å². The second kappa shape index (κ2) is 5.21. The van der Waals surface area contributed by atoms with Crippen molar-refractivity contribution in [2.75, 3.05) is 27.2 Å². The Morgan fingerprint density at radius 2 is 2.25 bits per heavy atom. The molecule has 0 N–H and O–H groups in total. The minimum atomic E-state index is 0.0381. The van der Waals surface area contributed by atoms with Gasteiger partial charge in [0.2, 0.25) is 0 Å². The molecule has 0 aromatic heterocycles. The number of nitrogens with zero attached hydrogens (tertiary/aromatic N) is 1. The molecular formula is C17H23NO2. The van der Waals surface area contributed by atoms with E-state index in [9.17, 15) is 4.79 Å². The number of benzene rings is 1. The van der Waals surface area contributed by atoms with Crippen molar-refractivity contribution in [3.63, 3.8) is 0 Å². The Kier molecular flexibility index (Phi) is 3.55. The SMILES string of the molecule is COc1cccc([C@@]23CCN(C)C[C@H]2CCC(=O)C3)c1. The molecule has 2 aliphatic rings. The minimum absolute atomic E-state index is 0.0381. The highest BCUT2D eigenvalue weighted by Gasteiger charge is 2.47. The lowest BCUT2D eigenvalue weighted by molar-refractivity contribution is -0.124. The maximum absolute atomic E-state index is 12.1. The van der Waals surface area contributed by atoms with Gasteiger partial charge in [0.1, 0.15) is 11.5 Å². The van der Waals surface area contributed by atoms with Gasteiger partial charge in [-0.3, -0.25) is 4.79 Å². The van der Waals surface area contributed by atoms with Crippen molar-refractivity contribution in [3.8, 4) is 5.75 Å². The van der Waals surface area contributed by atoms with E-state index in [1.807, 2.05) is 6.07 Å². The quantitative estimate of drug-likeness (QED) is 0.829. The third-order valence-corrected chi connectivity index (χ3v) is 5.18. The molecule has 1 saturated heterocycles. The average molecular weight is 273 g/mol. The van der Waals surface area contributed by atoms with Gasteiger partial charge in [-0.1, -0.05) is 12.1 Å². The number of ether oxygens (including phenoxy) is 1. The Morgan fingerprint density at radius 3 is 3.05 bits per heavy atom. The van der Waals surface area contributed by atoms with Crippen LogP contribution in [0.4, 0.5) is 0 Å². The van der Waals surface area contributed by atoms with Gasteiger partial charge >= 0.3 is 0 Å². The van der Waals surface area contributed by atoms with Crippen LogP contribution in [0.2, 0.25) is 0 Å². The molecule has 2 fully saturated rings. The number of hydrogen-bond donors (Lipinski definition) is 0. The molecule has 1 aromatic rings. The van der Waals surface area contributed by atoms with Crippen molar-refractivity contribution in [1.82, 2.24) is 4.90 Å². The predicted octanol–water partition coefficient (Wildman–Crippen LogP) is 2.64. The number of ketones is 1. The Labute approximate surface area is 120 Å². The third-order valence-electron chi connectivity index (χ3n) is 5.18. The van der Waals surface area contributed by atoms with Crippen LogP contribution in [0.15, 0.2) is 24.3 Å². The average Bonchev–Trinajstić information content (AvgIpc) is 2.47. The molecule has 1 aliphatic heterocycles. The summed E-state index contributed by atoms with van der Waals surface area (Å²) in [5, 5.41) is 0. The fourth-order valence-electron chi connectivity index (χ4n) is 4.03. The van der Waals surface area contributed by atoms with Crippen molar-refractivity contribution in [2.45, 2.75) is 31.1 Å². The van der Waals surface area contributed by atoms with Crippen molar-refractivity contribution >= 4 is 5.78 Å². The van der Waals surface area contributed by atoms with E-state index < -0.39 is 0 Å². The molecule has 0 radical (unpaired) electrons. The van der Waals surface area contributed by atoms with E-state index in [2.05, 4.69) is 30.1 Å². The third kappa shape index (κ3) is 2.24. The molecule has 0 unspecified atom stereocenters. The number of likely N-dealkylation sites (tertiary alicyclic amines) is 1. The fourth-order valence-corrected chi connectivity index (χ4v) is 4.03. The summed E-state index contributed by atoms with van der Waals surface area (Å²) in [6.45, 7) is 2.17. The van der Waals surface area contributed by atoms with Crippen molar-refractivity contribution in [3.05, 3.63) is 29.8 Å². The molecule has 1 heterocycles. The van der Waals surface area contributed by atoms with Crippen LogP contribution in [0.5, 0.6) is 5.75 Å². The maximum Gasteiger partial charge on any atom is 0.133 e. The number of fused-ring (bicyclic) bond motifs is 1. The molecule has 2 atom stereocenters. The number of carbonyl (C=O) groups excluding carboxylic acids is 1. The number of Topliss-reactive ketones (excluding diaryl/α,β-unsaturated/α-hetero) is 1. The smallest absolute Gasteiger partial charge is 0.133 e. The first-order valence-electron chi connectivity index (χ1n) is 7.49. The van der Waals surface area contributed by atoms with Crippen molar-refractivity contribution in [1.29, 1.82) is 0 Å². The lowest BCUT2D eigenvalue weighted by Crippen LogP contribution is -2.52. The molecule has 1 aliphatic carbocycles. The van der Waals surface area contributed by atoms with Gasteiger partial charge in [-0.05, 0) is 50.0 Å². The molecule has 3 nitrogen and oxygen atoms in total. The van der Waals surface area contributed by atoms with Crippen LogP contribution in [-0.2, 0) is 10.2 Å². The van der Waals surface area contributed by atoms with E-state index >= 15 is 0 Å². The Balaban J connectivity index is 2.01. The standard InChI is InChI=1S/C17H23NO2/c1-18-9-8-17(11-15(19)7-6-14(17)12-18)13-4-3-5-16(10-13)20-2/h3-5,10,14H,6-9,11-12H2,1-2H3/t14-,17+/m1/s1. The summed E-state index contributed by atoms with van der Waals surface area (Å²) >= 11 is 0. The second-order valence-electron chi connectivity index (χ2n) is 6.35. The number of piperidine rings is 1. The molecule has 1 saturated carbocycles. The Morgan fingerprint density at radius 1 is 1.40 bits per heavy atom. The zero-order valence-electron chi connectivity index (χ0n) is 12.4. The van der Waals surface area contributed by atoms with Gasteiger partial charge in [-0.25, -0.2) is 0 Å². The van der Waals surface area contributed by atoms with E-state index in [1.165, 1.54) is 5.56 Å². The highest BCUT2D eigenvalue weighted by Crippen LogP contribution is 2.48. The molecule has 108 valence electrons. The molecule has 3 rings (SSSR count). The van der Waals surface area contributed by atoms with Crippen molar-refractivity contribution in [2.24, 2.45) is 5.92 Å². The second-order valence-corrected chi connectivity index (χ2v) is 6.35. The lowest BCUT2D eigenvalue weighted by atomic mass is 9.59. The van der Waals surface area contributed by atoms with Crippen LogP contribution in [0.3, 0.4) is 0 Å². The molecule has 0 amide bonds. The van der Waals surface area contributed by atoms with Crippen LogP contribution in [0, 0.1) is 5.92 Å². The van der Waals surface area contributed by atoms with Gasteiger partial charge in [-0.2, -0.15) is 0 Å². The van der Waals surface area contributed by atoms with Gasteiger partial charge < -0.3 is 9.64 Å². The van der Waals surface area contributed by atoms with Crippen LogP contribution in [0.25, 0.3) is 0 Å². The number of hydrogen-bond acceptors (Lipinski definition) is 3. The van der Waals surface area contributed by atoms with E-state index in [0.29, 0.717) is 18.1 Å². The fraction of sp³-hybridized carbons (Fsp3) is 0.588. The van der Waals surface area contributed by atoms with Gasteiger partial charge in [0.25, 0.3) is 0 Å². The van der Waals surface area contributed by atoms with Gasteiger partial charge in [0.15, 0.2) is 0 Å².